The zero-order chi connectivity index (χ0) is 9.52. The molecule has 0 aromatic carbocycles. The van der Waals surface area contributed by atoms with Crippen molar-refractivity contribution in [2.24, 2.45) is 5.92 Å². The van der Waals surface area contributed by atoms with E-state index in [1.807, 2.05) is 0 Å². The Kier molecular flexibility index (Phi) is 9.15. The van der Waals surface area contributed by atoms with Crippen molar-refractivity contribution in [2.45, 2.75) is 43.9 Å². The maximum Gasteiger partial charge on any atom is 0.0558 e. The Balaban J connectivity index is 0.000000531. The van der Waals surface area contributed by atoms with Gasteiger partial charge in [0.1, 0.15) is 0 Å². The molecule has 0 radical (unpaired) electrons. The van der Waals surface area contributed by atoms with Crippen LogP contribution in [0.3, 0.4) is 0 Å². The number of rotatable bonds is 3. The molecule has 1 unspecified atom stereocenters. The first-order valence-electron chi connectivity index (χ1n) is 5.30. The number of carbonyl (C=O) groups excluding carboxylic acids is 1. The molecule has 0 spiro atoms. The van der Waals surface area contributed by atoms with Crippen LogP contribution in [0.25, 0.3) is 0 Å². The Bertz CT molecular complexity index is 136. The quantitative estimate of drug-likeness (QED) is 0.409. The molecule has 2 fully saturated rings. The standard InChI is InChI=1S/C9H18OSi.CHO.Pt/c1-2-6-10-9(3-1)11-7-8-4-5-8;1-2;/h8-9H,1-7,11H2;1H;/q;-1;. The van der Waals surface area contributed by atoms with Crippen molar-refractivity contribution in [2.75, 3.05) is 6.61 Å². The summed E-state index contributed by atoms with van der Waals surface area (Å²) in [6.07, 6.45) is 7.19. The summed E-state index contributed by atoms with van der Waals surface area (Å²) in [6, 6.07) is 1.57. The third-order valence-electron chi connectivity index (χ3n) is 2.87. The summed E-state index contributed by atoms with van der Waals surface area (Å²) in [5.41, 5.74) is 0.768. The topological polar surface area (TPSA) is 26.3 Å². The smallest absolute Gasteiger partial charge is 0.0558 e. The number of ether oxygens (including phenoxy) is 1. The summed E-state index contributed by atoms with van der Waals surface area (Å²) < 4.78 is 5.72. The maximum atomic E-state index is 7.75. The van der Waals surface area contributed by atoms with Gasteiger partial charge in [-0.2, -0.15) is 0 Å². The van der Waals surface area contributed by atoms with Gasteiger partial charge >= 0.3 is 0 Å². The van der Waals surface area contributed by atoms with Gasteiger partial charge in [-0.15, -0.1) is 0 Å². The average molecular weight is 394 g/mol. The first-order chi connectivity index (χ1) is 6.45. The number of hydrogen-bond donors (Lipinski definition) is 0. The summed E-state index contributed by atoms with van der Waals surface area (Å²) in [5, 5.41) is 0. The largest absolute Gasteiger partial charge is 0.545 e. The summed E-state index contributed by atoms with van der Waals surface area (Å²) in [4.78, 5) is 7.75. The molecule has 1 atom stereocenters. The van der Waals surface area contributed by atoms with Crippen molar-refractivity contribution in [3.8, 4) is 0 Å². The molecule has 1 saturated carbocycles. The van der Waals surface area contributed by atoms with Crippen LogP contribution in [-0.2, 0) is 30.6 Å². The minimum absolute atomic E-state index is 0. The van der Waals surface area contributed by atoms with Gasteiger partial charge in [-0.25, -0.2) is 0 Å². The van der Waals surface area contributed by atoms with Gasteiger partial charge in [0, 0.05) is 33.4 Å². The SMILES string of the molecule is C1CCC([SiH2]CC2CC2)OC1.[CH-]=O.[Pt]. The van der Waals surface area contributed by atoms with Crippen molar-refractivity contribution in [3.05, 3.63) is 0 Å². The van der Waals surface area contributed by atoms with Gasteiger partial charge in [-0.3, -0.25) is 6.79 Å². The minimum atomic E-state index is 0. The molecule has 14 heavy (non-hydrogen) atoms. The Morgan fingerprint density at radius 2 is 1.93 bits per heavy atom. The van der Waals surface area contributed by atoms with Crippen LogP contribution in [0.2, 0.25) is 6.04 Å². The second kappa shape index (κ2) is 8.81. The van der Waals surface area contributed by atoms with Gasteiger partial charge in [0.05, 0.1) is 9.52 Å². The molecule has 1 saturated heterocycles. The molecule has 0 bridgehead atoms. The van der Waals surface area contributed by atoms with E-state index in [4.69, 9.17) is 9.53 Å². The van der Waals surface area contributed by atoms with Crippen LogP contribution in [0.15, 0.2) is 0 Å². The Hall–Kier alpha value is 0.535. The molecule has 0 aromatic rings. The second-order valence-electron chi connectivity index (χ2n) is 4.01. The monoisotopic (exact) mass is 394 g/mol. The Labute approximate surface area is 103 Å². The van der Waals surface area contributed by atoms with E-state index in [0.717, 1.165) is 18.3 Å². The normalized spacial score (nSPS) is 26.4. The Morgan fingerprint density at radius 3 is 2.43 bits per heavy atom. The second-order valence-corrected chi connectivity index (χ2v) is 6.07. The molecule has 1 aliphatic carbocycles. The van der Waals surface area contributed by atoms with E-state index in [9.17, 15) is 0 Å². The molecule has 2 nitrogen and oxygen atoms in total. The van der Waals surface area contributed by atoms with E-state index < -0.39 is 0 Å². The van der Waals surface area contributed by atoms with Crippen molar-refractivity contribution < 1.29 is 30.6 Å². The van der Waals surface area contributed by atoms with Crippen LogP contribution in [0.5, 0.6) is 0 Å². The molecule has 2 rings (SSSR count). The fourth-order valence-electron chi connectivity index (χ4n) is 1.86. The van der Waals surface area contributed by atoms with Gasteiger partial charge in [0.15, 0.2) is 0 Å². The molecule has 2 aliphatic rings. The van der Waals surface area contributed by atoms with Crippen LogP contribution in [0, 0.1) is 5.92 Å². The predicted octanol–water partition coefficient (Wildman–Crippen LogP) is 1.23. The zero-order valence-corrected chi connectivity index (χ0v) is 12.2. The summed E-state index contributed by atoms with van der Waals surface area (Å²) in [6.45, 7) is 4.31. The van der Waals surface area contributed by atoms with Crippen LogP contribution in [0.4, 0.5) is 0 Å². The van der Waals surface area contributed by atoms with Crippen LogP contribution in [0.1, 0.15) is 32.1 Å². The van der Waals surface area contributed by atoms with E-state index >= 15 is 0 Å². The average Bonchev–Trinajstić information content (AvgIpc) is 3.03. The minimum Gasteiger partial charge on any atom is -0.545 e. The molecule has 86 valence electrons. The molecular formula is C10H19O2PtSi-. The van der Waals surface area contributed by atoms with Crippen molar-refractivity contribution in [1.29, 1.82) is 0 Å². The van der Waals surface area contributed by atoms with Crippen LogP contribution in [-0.4, -0.2) is 28.6 Å². The zero-order valence-electron chi connectivity index (χ0n) is 8.52. The van der Waals surface area contributed by atoms with Gasteiger partial charge < -0.3 is 9.53 Å². The van der Waals surface area contributed by atoms with Gasteiger partial charge in [0.2, 0.25) is 0 Å². The summed E-state index contributed by atoms with van der Waals surface area (Å²) >= 11 is 0. The maximum absolute atomic E-state index is 7.75. The van der Waals surface area contributed by atoms with Crippen molar-refractivity contribution >= 4 is 16.3 Å². The molecule has 0 N–H and O–H groups in total. The summed E-state index contributed by atoms with van der Waals surface area (Å²) in [7, 11) is 0.158. The van der Waals surface area contributed by atoms with Crippen LogP contribution < -0.4 is 0 Å². The van der Waals surface area contributed by atoms with E-state index in [0.29, 0.717) is 0 Å². The fourth-order valence-corrected chi connectivity index (χ4v) is 4.19. The molecule has 4 heteroatoms. The van der Waals surface area contributed by atoms with Crippen LogP contribution >= 0.6 is 0 Å². The third kappa shape index (κ3) is 6.10. The predicted molar refractivity (Wildman–Crippen MR) is 56.4 cm³/mol. The molecule has 0 amide bonds. The number of hydrogen-bond acceptors (Lipinski definition) is 2. The Morgan fingerprint density at radius 1 is 1.21 bits per heavy atom. The molecule has 1 heterocycles. The van der Waals surface area contributed by atoms with E-state index in [1.54, 1.807) is 6.04 Å². The van der Waals surface area contributed by atoms with Crippen molar-refractivity contribution in [3.63, 3.8) is 0 Å². The molecule has 1 aliphatic heterocycles. The van der Waals surface area contributed by atoms with E-state index in [-0.39, 0.29) is 30.6 Å². The first-order valence-corrected chi connectivity index (χ1v) is 7.12. The first kappa shape index (κ1) is 14.5. The third-order valence-corrected chi connectivity index (χ3v) is 5.31. The van der Waals surface area contributed by atoms with Crippen molar-refractivity contribution in [1.82, 2.24) is 0 Å². The van der Waals surface area contributed by atoms with Gasteiger partial charge in [-0.05, 0) is 25.2 Å². The fraction of sp³-hybridized carbons (Fsp3) is 0.900. The summed E-state index contributed by atoms with van der Waals surface area (Å²) in [5.74, 6) is 1.15. The van der Waals surface area contributed by atoms with Gasteiger partial charge in [-0.1, -0.05) is 18.9 Å². The van der Waals surface area contributed by atoms with E-state index in [2.05, 4.69) is 6.79 Å². The molecular weight excluding hydrogens is 375 g/mol. The van der Waals surface area contributed by atoms with E-state index in [1.165, 1.54) is 32.1 Å². The van der Waals surface area contributed by atoms with Gasteiger partial charge in [0.25, 0.3) is 0 Å². The molecule has 0 aromatic heterocycles.